The Morgan fingerprint density at radius 1 is 1.00 bits per heavy atom. The normalized spacial score (nSPS) is 14.5. The summed E-state index contributed by atoms with van der Waals surface area (Å²) in [6.45, 7) is 2.06. The van der Waals surface area contributed by atoms with E-state index in [0.717, 1.165) is 31.5 Å². The van der Waals surface area contributed by atoms with Gasteiger partial charge in [-0.15, -0.1) is 0 Å². The third-order valence-corrected chi connectivity index (χ3v) is 4.90. The number of piperidine rings is 1. The van der Waals surface area contributed by atoms with Gasteiger partial charge in [0.2, 0.25) is 0 Å². The summed E-state index contributed by atoms with van der Waals surface area (Å²) >= 11 is 0. The number of hydrogen-bond donors (Lipinski definition) is 0. The minimum absolute atomic E-state index is 0.0663. The number of carbonyl (C=O) groups excluding carboxylic acids is 1. The fourth-order valence-electron chi connectivity index (χ4n) is 3.50. The molecule has 1 aromatic heterocycles. The lowest BCUT2D eigenvalue weighted by molar-refractivity contribution is 0.0724. The zero-order valence-corrected chi connectivity index (χ0v) is 14.6. The standard InChI is InChI=1S/C21H21N3O2/c25-20(23-11-4-1-5-12-23)17-8-6-7-16(13-17)14-24-15-22-19-10-3-2-9-18(19)21(24)26/h2-3,6-10,13,15H,1,4-5,11-12,14H2. The van der Waals surface area contributed by atoms with Crippen molar-refractivity contribution in [3.63, 3.8) is 0 Å². The predicted molar refractivity (Wildman–Crippen MR) is 101 cm³/mol. The van der Waals surface area contributed by atoms with E-state index in [1.165, 1.54) is 6.42 Å². The summed E-state index contributed by atoms with van der Waals surface area (Å²) in [5.41, 5.74) is 2.24. The smallest absolute Gasteiger partial charge is 0.261 e. The molecule has 0 aliphatic carbocycles. The molecular formula is C21H21N3O2. The quantitative estimate of drug-likeness (QED) is 0.732. The Labute approximate surface area is 151 Å². The molecule has 2 aromatic carbocycles. The largest absolute Gasteiger partial charge is 0.339 e. The average molecular weight is 347 g/mol. The molecule has 4 rings (SSSR count). The molecule has 0 spiro atoms. The van der Waals surface area contributed by atoms with Crippen molar-refractivity contribution in [1.29, 1.82) is 0 Å². The first-order valence-corrected chi connectivity index (χ1v) is 9.05. The number of rotatable bonds is 3. The Bertz CT molecular complexity index is 1000. The minimum atomic E-state index is -0.0663. The van der Waals surface area contributed by atoms with Gasteiger partial charge in [-0.1, -0.05) is 24.3 Å². The van der Waals surface area contributed by atoms with E-state index in [-0.39, 0.29) is 11.5 Å². The topological polar surface area (TPSA) is 55.2 Å². The lowest BCUT2D eigenvalue weighted by atomic mass is 10.1. The molecule has 1 aliphatic heterocycles. The van der Waals surface area contributed by atoms with Crippen LogP contribution in [0.1, 0.15) is 35.2 Å². The third-order valence-electron chi connectivity index (χ3n) is 4.90. The summed E-state index contributed by atoms with van der Waals surface area (Å²) in [7, 11) is 0. The van der Waals surface area contributed by atoms with E-state index >= 15 is 0 Å². The van der Waals surface area contributed by atoms with E-state index < -0.39 is 0 Å². The van der Waals surface area contributed by atoms with E-state index in [9.17, 15) is 9.59 Å². The van der Waals surface area contributed by atoms with Gasteiger partial charge in [-0.3, -0.25) is 14.2 Å². The first kappa shape index (κ1) is 16.5. The molecule has 0 N–H and O–H groups in total. The number of benzene rings is 2. The highest BCUT2D eigenvalue weighted by atomic mass is 16.2. The highest BCUT2D eigenvalue weighted by molar-refractivity contribution is 5.94. The Morgan fingerprint density at radius 3 is 2.65 bits per heavy atom. The number of nitrogens with zero attached hydrogens (tertiary/aromatic N) is 3. The van der Waals surface area contributed by atoms with Gasteiger partial charge in [-0.2, -0.15) is 0 Å². The molecule has 0 unspecified atom stereocenters. The van der Waals surface area contributed by atoms with Crippen molar-refractivity contribution >= 4 is 16.8 Å². The van der Waals surface area contributed by atoms with Gasteiger partial charge in [0.05, 0.1) is 23.8 Å². The monoisotopic (exact) mass is 347 g/mol. The molecule has 132 valence electrons. The van der Waals surface area contributed by atoms with Gasteiger partial charge >= 0.3 is 0 Å². The van der Waals surface area contributed by atoms with E-state index in [2.05, 4.69) is 4.98 Å². The van der Waals surface area contributed by atoms with Crippen LogP contribution in [0.2, 0.25) is 0 Å². The van der Waals surface area contributed by atoms with Gasteiger partial charge in [-0.05, 0) is 49.1 Å². The molecule has 0 saturated carbocycles. The molecule has 5 nitrogen and oxygen atoms in total. The van der Waals surface area contributed by atoms with E-state index in [1.54, 1.807) is 17.0 Å². The molecule has 1 saturated heterocycles. The van der Waals surface area contributed by atoms with Crippen LogP contribution in [0.3, 0.4) is 0 Å². The van der Waals surface area contributed by atoms with Crippen LogP contribution >= 0.6 is 0 Å². The molecule has 26 heavy (non-hydrogen) atoms. The van der Waals surface area contributed by atoms with Crippen LogP contribution in [0.15, 0.2) is 59.7 Å². The molecule has 0 radical (unpaired) electrons. The lowest BCUT2D eigenvalue weighted by Crippen LogP contribution is -2.35. The molecule has 0 atom stereocenters. The van der Waals surface area contributed by atoms with Crippen LogP contribution in [-0.2, 0) is 6.54 Å². The molecule has 1 amide bonds. The maximum absolute atomic E-state index is 12.7. The van der Waals surface area contributed by atoms with Crippen molar-refractivity contribution in [2.75, 3.05) is 13.1 Å². The van der Waals surface area contributed by atoms with E-state index in [0.29, 0.717) is 23.0 Å². The molecule has 3 aromatic rings. The second kappa shape index (κ2) is 7.12. The SMILES string of the molecule is O=C(c1cccc(Cn2cnc3ccccc3c2=O)c1)N1CCCCC1. The number of likely N-dealkylation sites (tertiary alicyclic amines) is 1. The van der Waals surface area contributed by atoms with Gasteiger partial charge in [0.15, 0.2) is 0 Å². The molecular weight excluding hydrogens is 326 g/mol. The fraction of sp³-hybridized carbons (Fsp3) is 0.286. The lowest BCUT2D eigenvalue weighted by Gasteiger charge is -2.26. The molecule has 1 aliphatic rings. The molecule has 2 heterocycles. The van der Waals surface area contributed by atoms with Crippen LogP contribution in [0.25, 0.3) is 10.9 Å². The Balaban J connectivity index is 1.60. The van der Waals surface area contributed by atoms with E-state index in [4.69, 9.17) is 0 Å². The Kier molecular flexibility index (Phi) is 4.52. The number of aromatic nitrogens is 2. The van der Waals surface area contributed by atoms with Crippen molar-refractivity contribution in [2.45, 2.75) is 25.8 Å². The van der Waals surface area contributed by atoms with Crippen LogP contribution in [0, 0.1) is 0 Å². The summed E-state index contributed by atoms with van der Waals surface area (Å²) in [6.07, 6.45) is 4.92. The van der Waals surface area contributed by atoms with Crippen LogP contribution in [-0.4, -0.2) is 33.4 Å². The summed E-state index contributed by atoms with van der Waals surface area (Å²) in [4.78, 5) is 31.6. The zero-order chi connectivity index (χ0) is 17.9. The third kappa shape index (κ3) is 3.25. The zero-order valence-electron chi connectivity index (χ0n) is 14.6. The summed E-state index contributed by atoms with van der Waals surface area (Å²) in [5.74, 6) is 0.0792. The Morgan fingerprint density at radius 2 is 1.81 bits per heavy atom. The summed E-state index contributed by atoms with van der Waals surface area (Å²) < 4.78 is 1.59. The maximum Gasteiger partial charge on any atom is 0.261 e. The predicted octanol–water partition coefficient (Wildman–Crippen LogP) is 3.07. The fourth-order valence-corrected chi connectivity index (χ4v) is 3.50. The van der Waals surface area contributed by atoms with Crippen molar-refractivity contribution in [1.82, 2.24) is 14.5 Å². The van der Waals surface area contributed by atoms with E-state index in [1.807, 2.05) is 47.4 Å². The summed E-state index contributed by atoms with van der Waals surface area (Å²) in [6, 6.07) is 14.9. The van der Waals surface area contributed by atoms with Crippen LogP contribution < -0.4 is 5.56 Å². The minimum Gasteiger partial charge on any atom is -0.339 e. The first-order chi connectivity index (χ1) is 12.7. The number of fused-ring (bicyclic) bond motifs is 1. The van der Waals surface area contributed by atoms with Gasteiger partial charge in [0.1, 0.15) is 0 Å². The molecule has 5 heteroatoms. The van der Waals surface area contributed by atoms with Crippen molar-refractivity contribution in [3.8, 4) is 0 Å². The van der Waals surface area contributed by atoms with Crippen molar-refractivity contribution in [3.05, 3.63) is 76.3 Å². The Hall–Kier alpha value is -2.95. The van der Waals surface area contributed by atoms with Crippen molar-refractivity contribution < 1.29 is 4.79 Å². The second-order valence-electron chi connectivity index (χ2n) is 6.75. The number of carbonyl (C=O) groups is 1. The van der Waals surface area contributed by atoms with Crippen LogP contribution in [0.5, 0.6) is 0 Å². The van der Waals surface area contributed by atoms with Gasteiger partial charge < -0.3 is 4.90 Å². The number of para-hydroxylation sites is 1. The average Bonchev–Trinajstić information content (AvgIpc) is 2.71. The highest BCUT2D eigenvalue weighted by Gasteiger charge is 2.18. The highest BCUT2D eigenvalue weighted by Crippen LogP contribution is 2.15. The summed E-state index contributed by atoms with van der Waals surface area (Å²) in [5, 5.41) is 0.607. The first-order valence-electron chi connectivity index (χ1n) is 9.05. The van der Waals surface area contributed by atoms with Gasteiger partial charge in [0.25, 0.3) is 11.5 Å². The number of amides is 1. The molecule has 1 fully saturated rings. The number of hydrogen-bond acceptors (Lipinski definition) is 3. The van der Waals surface area contributed by atoms with Gasteiger partial charge in [0, 0.05) is 18.7 Å². The maximum atomic E-state index is 12.7. The van der Waals surface area contributed by atoms with Gasteiger partial charge in [-0.25, -0.2) is 4.98 Å². The molecule has 0 bridgehead atoms. The van der Waals surface area contributed by atoms with Crippen molar-refractivity contribution in [2.24, 2.45) is 0 Å². The van der Waals surface area contributed by atoms with Crippen LogP contribution in [0.4, 0.5) is 0 Å². The second-order valence-corrected chi connectivity index (χ2v) is 6.75.